The minimum absolute atomic E-state index is 0.358. The summed E-state index contributed by atoms with van der Waals surface area (Å²) in [6, 6.07) is 0.408. The largest absolute Gasteiger partial charge is 0.356 e. The first-order valence-corrected chi connectivity index (χ1v) is 12.1. The number of hydrogen-bond acceptors (Lipinski definition) is 3. The van der Waals surface area contributed by atoms with E-state index in [0.29, 0.717) is 11.3 Å². The Kier molecular flexibility index (Phi) is 9.97. The van der Waals surface area contributed by atoms with E-state index in [-0.39, 0.29) is 0 Å². The van der Waals surface area contributed by atoms with E-state index in [1.807, 2.05) is 14.0 Å². The molecular formula is C20H40N4OS. The number of rotatable bonds is 8. The van der Waals surface area contributed by atoms with Gasteiger partial charge in [0.1, 0.15) is 0 Å². The smallest absolute Gasteiger partial charge is 0.191 e. The van der Waals surface area contributed by atoms with E-state index in [1.54, 1.807) is 0 Å². The monoisotopic (exact) mass is 384 g/mol. The first-order valence-electron chi connectivity index (χ1n) is 10.7. The molecule has 6 heteroatoms. The van der Waals surface area contributed by atoms with Crippen LogP contribution in [0.25, 0.3) is 0 Å². The molecule has 26 heavy (non-hydrogen) atoms. The van der Waals surface area contributed by atoms with Gasteiger partial charge in [0.15, 0.2) is 5.96 Å². The van der Waals surface area contributed by atoms with Crippen molar-refractivity contribution in [2.45, 2.75) is 76.5 Å². The van der Waals surface area contributed by atoms with Crippen LogP contribution in [0.1, 0.15) is 65.2 Å². The lowest BCUT2D eigenvalue weighted by molar-refractivity contribution is 0.189. The lowest BCUT2D eigenvalue weighted by Gasteiger charge is -2.30. The third-order valence-corrected chi connectivity index (χ3v) is 7.66. The standard InChI is InChI=1S/C20H40N4OS/c1-4-26(25)19-9-7-8-18(16-19)23-20(21-3)22-12-5-6-13-24-14-10-17(2)11-15-24/h17-19H,4-16H2,1-3H3,(H2,21,22,23). The Bertz CT molecular complexity index is 449. The normalized spacial score (nSPS) is 27.3. The van der Waals surface area contributed by atoms with Gasteiger partial charge in [-0.25, -0.2) is 0 Å². The van der Waals surface area contributed by atoms with E-state index in [2.05, 4.69) is 27.4 Å². The number of hydrogen-bond donors (Lipinski definition) is 2. The second-order valence-electron chi connectivity index (χ2n) is 8.03. The highest BCUT2D eigenvalue weighted by Crippen LogP contribution is 2.23. The predicted molar refractivity (Wildman–Crippen MR) is 113 cm³/mol. The second kappa shape index (κ2) is 12.0. The van der Waals surface area contributed by atoms with Crippen molar-refractivity contribution in [2.75, 3.05) is 39.0 Å². The Morgan fingerprint density at radius 3 is 2.65 bits per heavy atom. The molecule has 1 heterocycles. The molecule has 2 fully saturated rings. The van der Waals surface area contributed by atoms with Gasteiger partial charge in [0, 0.05) is 41.4 Å². The van der Waals surface area contributed by atoms with Crippen LogP contribution in [0.2, 0.25) is 0 Å². The second-order valence-corrected chi connectivity index (χ2v) is 10.0. The van der Waals surface area contributed by atoms with Crippen LogP contribution in [-0.2, 0) is 10.8 Å². The molecule has 1 saturated heterocycles. The molecule has 2 N–H and O–H groups in total. The van der Waals surface area contributed by atoms with Crippen LogP contribution >= 0.6 is 0 Å². The van der Waals surface area contributed by atoms with Crippen LogP contribution in [0.3, 0.4) is 0 Å². The highest BCUT2D eigenvalue weighted by atomic mass is 32.2. The lowest BCUT2D eigenvalue weighted by Crippen LogP contribution is -2.46. The average molecular weight is 385 g/mol. The van der Waals surface area contributed by atoms with Crippen LogP contribution < -0.4 is 10.6 Å². The maximum atomic E-state index is 12.1. The van der Waals surface area contributed by atoms with Crippen molar-refractivity contribution in [3.63, 3.8) is 0 Å². The summed E-state index contributed by atoms with van der Waals surface area (Å²) >= 11 is 0. The number of guanidine groups is 1. The molecule has 5 nitrogen and oxygen atoms in total. The Morgan fingerprint density at radius 1 is 1.19 bits per heavy atom. The number of nitrogens with zero attached hydrogens (tertiary/aromatic N) is 2. The highest BCUT2D eigenvalue weighted by Gasteiger charge is 2.26. The maximum absolute atomic E-state index is 12.1. The summed E-state index contributed by atoms with van der Waals surface area (Å²) in [7, 11) is 1.17. The summed E-state index contributed by atoms with van der Waals surface area (Å²) in [6.07, 6.45) is 9.60. The van der Waals surface area contributed by atoms with Gasteiger partial charge in [-0.05, 0) is 70.5 Å². The van der Waals surface area contributed by atoms with Crippen LogP contribution in [0.15, 0.2) is 4.99 Å². The first kappa shape index (κ1) is 21.7. The molecule has 2 rings (SSSR count). The van der Waals surface area contributed by atoms with Crippen LogP contribution in [0.4, 0.5) is 0 Å². The molecule has 152 valence electrons. The zero-order valence-corrected chi connectivity index (χ0v) is 18.0. The first-order chi connectivity index (χ1) is 12.6. The number of aliphatic imine (C=N–C) groups is 1. The van der Waals surface area contributed by atoms with Crippen molar-refractivity contribution in [1.29, 1.82) is 0 Å². The van der Waals surface area contributed by atoms with E-state index in [9.17, 15) is 4.21 Å². The van der Waals surface area contributed by atoms with E-state index in [4.69, 9.17) is 0 Å². The topological polar surface area (TPSA) is 56.7 Å². The van der Waals surface area contributed by atoms with Crippen molar-refractivity contribution in [1.82, 2.24) is 15.5 Å². The third-order valence-electron chi connectivity index (χ3n) is 5.92. The summed E-state index contributed by atoms with van der Waals surface area (Å²) in [5.41, 5.74) is 0. The average Bonchev–Trinajstić information content (AvgIpc) is 2.67. The molecule has 0 aromatic heterocycles. The van der Waals surface area contributed by atoms with Gasteiger partial charge in [0.2, 0.25) is 0 Å². The molecule has 0 radical (unpaired) electrons. The third kappa shape index (κ3) is 7.55. The molecule has 2 aliphatic rings. The molecule has 0 bridgehead atoms. The summed E-state index contributed by atoms with van der Waals surface area (Å²) in [6.45, 7) is 9.15. The summed E-state index contributed by atoms with van der Waals surface area (Å²) in [4.78, 5) is 6.99. The molecule has 0 amide bonds. The summed E-state index contributed by atoms with van der Waals surface area (Å²) in [5.74, 6) is 2.60. The zero-order valence-electron chi connectivity index (χ0n) is 17.1. The fourth-order valence-corrected chi connectivity index (χ4v) is 5.44. The number of unbranched alkanes of at least 4 members (excludes halogenated alkanes) is 1. The van der Waals surface area contributed by atoms with Gasteiger partial charge in [-0.3, -0.25) is 9.20 Å². The zero-order chi connectivity index (χ0) is 18.8. The Balaban J connectivity index is 1.59. The van der Waals surface area contributed by atoms with E-state index >= 15 is 0 Å². The minimum Gasteiger partial charge on any atom is -0.356 e. The van der Waals surface area contributed by atoms with Gasteiger partial charge in [0.25, 0.3) is 0 Å². The van der Waals surface area contributed by atoms with Gasteiger partial charge in [-0.15, -0.1) is 0 Å². The molecule has 1 saturated carbocycles. The van der Waals surface area contributed by atoms with Crippen molar-refractivity contribution < 1.29 is 4.21 Å². The van der Waals surface area contributed by atoms with E-state index in [1.165, 1.54) is 51.7 Å². The van der Waals surface area contributed by atoms with Crippen molar-refractivity contribution in [2.24, 2.45) is 10.9 Å². The van der Waals surface area contributed by atoms with Crippen molar-refractivity contribution in [3.05, 3.63) is 0 Å². The molecule has 0 spiro atoms. The highest BCUT2D eigenvalue weighted by molar-refractivity contribution is 7.85. The maximum Gasteiger partial charge on any atom is 0.191 e. The van der Waals surface area contributed by atoms with Crippen LogP contribution in [0.5, 0.6) is 0 Å². The van der Waals surface area contributed by atoms with E-state index < -0.39 is 10.8 Å². The van der Waals surface area contributed by atoms with Crippen LogP contribution in [-0.4, -0.2) is 65.3 Å². The molecule has 1 aliphatic carbocycles. The Hall–Kier alpha value is -0.620. The van der Waals surface area contributed by atoms with Crippen molar-refractivity contribution >= 4 is 16.8 Å². The Morgan fingerprint density at radius 2 is 1.96 bits per heavy atom. The Labute approximate surface area is 163 Å². The van der Waals surface area contributed by atoms with Gasteiger partial charge < -0.3 is 15.5 Å². The molecule has 1 aliphatic heterocycles. The number of nitrogens with one attached hydrogen (secondary N) is 2. The fraction of sp³-hybridized carbons (Fsp3) is 0.950. The van der Waals surface area contributed by atoms with E-state index in [0.717, 1.165) is 43.4 Å². The predicted octanol–water partition coefficient (Wildman–Crippen LogP) is 2.74. The van der Waals surface area contributed by atoms with Gasteiger partial charge in [-0.1, -0.05) is 20.3 Å². The number of likely N-dealkylation sites (tertiary alicyclic amines) is 1. The molecule has 0 aromatic rings. The molecule has 3 atom stereocenters. The van der Waals surface area contributed by atoms with Crippen molar-refractivity contribution in [3.8, 4) is 0 Å². The SMILES string of the molecule is CCS(=O)C1CCCC(NC(=NC)NCCCCN2CCC(C)CC2)C1. The van der Waals surface area contributed by atoms with Crippen LogP contribution in [0, 0.1) is 5.92 Å². The van der Waals surface area contributed by atoms with Gasteiger partial charge >= 0.3 is 0 Å². The number of piperidine rings is 1. The molecular weight excluding hydrogens is 344 g/mol. The van der Waals surface area contributed by atoms with Gasteiger partial charge in [-0.2, -0.15) is 0 Å². The molecule has 0 aromatic carbocycles. The molecule has 3 unspecified atom stereocenters. The lowest BCUT2D eigenvalue weighted by atomic mass is 9.95. The van der Waals surface area contributed by atoms with Gasteiger partial charge in [0.05, 0.1) is 0 Å². The summed E-state index contributed by atoms with van der Waals surface area (Å²) in [5, 5.41) is 7.38. The quantitative estimate of drug-likeness (QED) is 0.384. The fourth-order valence-electron chi connectivity index (χ4n) is 4.09. The minimum atomic E-state index is -0.669. The summed E-state index contributed by atoms with van der Waals surface area (Å²) < 4.78 is 12.1.